The molecule has 2 aromatic heterocycles. The van der Waals surface area contributed by atoms with E-state index < -0.39 is 0 Å². The molecule has 4 rings (SSSR count). The van der Waals surface area contributed by atoms with Gasteiger partial charge in [0.1, 0.15) is 5.82 Å². The lowest BCUT2D eigenvalue weighted by atomic mass is 10.1. The number of amides is 2. The van der Waals surface area contributed by atoms with E-state index in [-0.39, 0.29) is 18.4 Å². The lowest BCUT2D eigenvalue weighted by molar-refractivity contribution is -0.131. The minimum atomic E-state index is -0.140. The van der Waals surface area contributed by atoms with Crippen molar-refractivity contribution in [2.75, 3.05) is 25.0 Å². The molecule has 1 aliphatic carbocycles. The summed E-state index contributed by atoms with van der Waals surface area (Å²) in [5, 5.41) is 2.87. The Bertz CT molecular complexity index is 968. The van der Waals surface area contributed by atoms with Gasteiger partial charge in [-0.05, 0) is 62.4 Å². The van der Waals surface area contributed by atoms with Crippen molar-refractivity contribution in [2.24, 2.45) is 0 Å². The fraction of sp³-hybridized carbons (Fsp3) is 0.417. The number of rotatable bonds is 5. The Morgan fingerprint density at radius 1 is 1.23 bits per heavy atom. The SMILES string of the molecule is C=C1CN(C2CC2)C(=O)CCCCN1CC(=O)Nc1ccc(-c2cc(C)ccn2)cn1. The number of nitrogens with zero attached hydrogens (tertiary/aromatic N) is 4. The first-order valence-corrected chi connectivity index (χ1v) is 10.9. The van der Waals surface area contributed by atoms with Gasteiger partial charge >= 0.3 is 0 Å². The predicted molar refractivity (Wildman–Crippen MR) is 120 cm³/mol. The second kappa shape index (κ2) is 9.29. The minimum absolute atomic E-state index is 0.140. The van der Waals surface area contributed by atoms with Crippen LogP contribution in [-0.2, 0) is 9.59 Å². The number of hydrogen-bond acceptors (Lipinski definition) is 5. The quantitative estimate of drug-likeness (QED) is 0.804. The van der Waals surface area contributed by atoms with Crippen molar-refractivity contribution < 1.29 is 9.59 Å². The van der Waals surface area contributed by atoms with Crippen molar-refractivity contribution in [3.63, 3.8) is 0 Å². The molecule has 0 bridgehead atoms. The van der Waals surface area contributed by atoms with Crippen molar-refractivity contribution in [1.29, 1.82) is 0 Å². The fourth-order valence-corrected chi connectivity index (χ4v) is 3.84. The molecule has 2 aliphatic rings. The Morgan fingerprint density at radius 2 is 2.06 bits per heavy atom. The lowest BCUT2D eigenvalue weighted by Crippen LogP contribution is -2.39. The van der Waals surface area contributed by atoms with Crippen molar-refractivity contribution in [3.05, 3.63) is 54.5 Å². The summed E-state index contributed by atoms with van der Waals surface area (Å²) in [5.74, 6) is 0.576. The Balaban J connectivity index is 1.37. The van der Waals surface area contributed by atoms with Crippen molar-refractivity contribution >= 4 is 17.6 Å². The number of aromatic nitrogens is 2. The molecule has 1 aliphatic heterocycles. The summed E-state index contributed by atoms with van der Waals surface area (Å²) in [6, 6.07) is 8.00. The standard InChI is InChI=1S/C24H29N5O2/c1-17-10-11-25-21(13-17)19-6-9-22(26-14-19)27-23(30)16-28-12-4-3-5-24(31)29(15-18(28)2)20-7-8-20/h6,9-11,13-14,20H,2-5,7-8,12,15-16H2,1H3,(H,26,27,30). The predicted octanol–water partition coefficient (Wildman–Crippen LogP) is 3.38. The van der Waals surface area contributed by atoms with Crippen LogP contribution in [0, 0.1) is 6.92 Å². The minimum Gasteiger partial charge on any atom is -0.365 e. The van der Waals surface area contributed by atoms with Gasteiger partial charge in [-0.3, -0.25) is 14.6 Å². The number of hydrogen-bond donors (Lipinski definition) is 1. The molecule has 7 heteroatoms. The summed E-state index contributed by atoms with van der Waals surface area (Å²) in [4.78, 5) is 37.8. The molecule has 7 nitrogen and oxygen atoms in total. The second-order valence-corrected chi connectivity index (χ2v) is 8.40. The second-order valence-electron chi connectivity index (χ2n) is 8.40. The molecule has 2 fully saturated rings. The zero-order chi connectivity index (χ0) is 21.8. The molecule has 0 atom stereocenters. The van der Waals surface area contributed by atoms with E-state index in [4.69, 9.17) is 0 Å². The Hall–Kier alpha value is -3.22. The largest absolute Gasteiger partial charge is 0.365 e. The molecule has 31 heavy (non-hydrogen) atoms. The number of aryl methyl sites for hydroxylation is 1. The third kappa shape index (κ3) is 5.48. The first-order chi connectivity index (χ1) is 15.0. The van der Waals surface area contributed by atoms with E-state index in [1.807, 2.05) is 34.9 Å². The molecule has 1 saturated carbocycles. The molecule has 2 amide bonds. The smallest absolute Gasteiger partial charge is 0.245 e. The van der Waals surface area contributed by atoms with Gasteiger partial charge in [0.2, 0.25) is 11.8 Å². The molecular weight excluding hydrogens is 390 g/mol. The van der Waals surface area contributed by atoms with Crippen LogP contribution in [0.4, 0.5) is 5.82 Å². The van der Waals surface area contributed by atoms with Gasteiger partial charge in [-0.2, -0.15) is 0 Å². The van der Waals surface area contributed by atoms with Gasteiger partial charge in [-0.15, -0.1) is 0 Å². The highest BCUT2D eigenvalue weighted by Crippen LogP contribution is 2.29. The summed E-state index contributed by atoms with van der Waals surface area (Å²) in [6.45, 7) is 7.63. The topological polar surface area (TPSA) is 78.4 Å². The number of pyridine rings is 2. The number of anilines is 1. The maximum atomic E-state index is 12.7. The summed E-state index contributed by atoms with van der Waals surface area (Å²) in [6.07, 6.45) is 7.91. The molecule has 1 saturated heterocycles. The van der Waals surface area contributed by atoms with E-state index in [2.05, 4.69) is 21.9 Å². The fourth-order valence-electron chi connectivity index (χ4n) is 3.84. The molecule has 0 radical (unpaired) electrons. The molecule has 0 spiro atoms. The summed E-state index contributed by atoms with van der Waals surface area (Å²) >= 11 is 0. The van der Waals surface area contributed by atoms with Gasteiger partial charge in [0.25, 0.3) is 0 Å². The van der Waals surface area contributed by atoms with Gasteiger partial charge in [0, 0.05) is 42.7 Å². The third-order valence-corrected chi connectivity index (χ3v) is 5.75. The number of nitrogens with one attached hydrogen (secondary N) is 1. The van der Waals surface area contributed by atoms with E-state index in [0.29, 0.717) is 24.8 Å². The molecule has 0 unspecified atom stereocenters. The van der Waals surface area contributed by atoms with E-state index in [0.717, 1.165) is 54.7 Å². The highest BCUT2D eigenvalue weighted by molar-refractivity contribution is 5.91. The van der Waals surface area contributed by atoms with Crippen LogP contribution < -0.4 is 5.32 Å². The number of carbonyl (C=O) groups excluding carboxylic acids is 2. The van der Waals surface area contributed by atoms with Crippen LogP contribution in [0.25, 0.3) is 11.3 Å². The summed E-state index contributed by atoms with van der Waals surface area (Å²) < 4.78 is 0. The maximum Gasteiger partial charge on any atom is 0.245 e. The third-order valence-electron chi connectivity index (χ3n) is 5.75. The lowest BCUT2D eigenvalue weighted by Gasteiger charge is -2.29. The van der Waals surface area contributed by atoms with Gasteiger partial charge in [0.15, 0.2) is 0 Å². The van der Waals surface area contributed by atoms with E-state index in [1.54, 1.807) is 18.5 Å². The molecule has 162 valence electrons. The van der Waals surface area contributed by atoms with Crippen LogP contribution in [0.2, 0.25) is 0 Å². The normalized spacial score (nSPS) is 17.7. The maximum absolute atomic E-state index is 12.7. The van der Waals surface area contributed by atoms with Gasteiger partial charge < -0.3 is 15.1 Å². The zero-order valence-electron chi connectivity index (χ0n) is 18.0. The van der Waals surface area contributed by atoms with Crippen LogP contribution in [0.1, 0.15) is 37.7 Å². The van der Waals surface area contributed by atoms with Gasteiger partial charge in [-0.1, -0.05) is 6.58 Å². The van der Waals surface area contributed by atoms with Crippen molar-refractivity contribution in [2.45, 2.75) is 45.1 Å². The molecule has 2 aromatic rings. The van der Waals surface area contributed by atoms with E-state index >= 15 is 0 Å². The van der Waals surface area contributed by atoms with Crippen LogP contribution in [0.5, 0.6) is 0 Å². The Kier molecular flexibility index (Phi) is 6.30. The Morgan fingerprint density at radius 3 is 2.77 bits per heavy atom. The van der Waals surface area contributed by atoms with Crippen molar-refractivity contribution in [3.8, 4) is 11.3 Å². The average molecular weight is 420 g/mol. The van der Waals surface area contributed by atoms with Gasteiger partial charge in [-0.25, -0.2) is 4.98 Å². The summed E-state index contributed by atoms with van der Waals surface area (Å²) in [5.41, 5.74) is 3.72. The van der Waals surface area contributed by atoms with Crippen LogP contribution in [0.15, 0.2) is 48.9 Å². The van der Waals surface area contributed by atoms with Crippen LogP contribution in [0.3, 0.4) is 0 Å². The average Bonchev–Trinajstić information content (AvgIpc) is 3.58. The van der Waals surface area contributed by atoms with Crippen molar-refractivity contribution in [1.82, 2.24) is 19.8 Å². The van der Waals surface area contributed by atoms with Crippen LogP contribution >= 0.6 is 0 Å². The highest BCUT2D eigenvalue weighted by atomic mass is 16.2. The number of carbonyl (C=O) groups is 2. The molecule has 3 heterocycles. The van der Waals surface area contributed by atoms with Crippen LogP contribution in [-0.4, -0.2) is 57.3 Å². The van der Waals surface area contributed by atoms with E-state index in [9.17, 15) is 9.59 Å². The monoisotopic (exact) mass is 419 g/mol. The highest BCUT2D eigenvalue weighted by Gasteiger charge is 2.33. The molecular formula is C24H29N5O2. The molecule has 1 N–H and O–H groups in total. The first-order valence-electron chi connectivity index (χ1n) is 10.9. The zero-order valence-corrected chi connectivity index (χ0v) is 18.0. The molecule has 0 aromatic carbocycles. The first kappa shape index (κ1) is 21.0. The van der Waals surface area contributed by atoms with Gasteiger partial charge in [0.05, 0.1) is 18.8 Å². The summed E-state index contributed by atoms with van der Waals surface area (Å²) in [7, 11) is 0. The Labute approximate surface area is 183 Å². The van der Waals surface area contributed by atoms with E-state index in [1.165, 1.54) is 0 Å².